The van der Waals surface area contributed by atoms with Crippen LogP contribution in [-0.4, -0.2) is 53.7 Å². The van der Waals surface area contributed by atoms with E-state index < -0.39 is 29.9 Å². The van der Waals surface area contributed by atoms with E-state index >= 15 is 0 Å². The standard InChI is InChI=1S/C26H26N2O5/c1-17-18(25(30)31)12-7-15-28(17)24(29)13-6-14-27-26(32)33-16-23-21-10-4-2-8-19(21)20-9-3-5-11-22(20)23/h2-5,8-11,17-18,23H,7,12,14-16H2,1H3,(H,27,32)(H,30,31)/t17-,18-/m0/s1. The molecule has 2 aromatic carbocycles. The number of piperidine rings is 1. The van der Waals surface area contributed by atoms with Crippen molar-refractivity contribution < 1.29 is 24.2 Å². The number of hydrogen-bond donors (Lipinski definition) is 2. The SMILES string of the molecule is C[C@H]1[C@@H](C(=O)O)CCCN1C(=O)C#CCNC(=O)OCC1c2ccccc2-c2ccccc21. The molecule has 2 aliphatic rings. The zero-order valence-corrected chi connectivity index (χ0v) is 18.4. The lowest BCUT2D eigenvalue weighted by Crippen LogP contribution is -2.48. The molecule has 0 saturated carbocycles. The lowest BCUT2D eigenvalue weighted by atomic mass is 9.90. The predicted molar refractivity (Wildman–Crippen MR) is 122 cm³/mol. The summed E-state index contributed by atoms with van der Waals surface area (Å²) in [7, 11) is 0. The molecule has 2 aromatic rings. The van der Waals surface area contributed by atoms with Gasteiger partial charge in [0, 0.05) is 18.5 Å². The Morgan fingerprint density at radius 1 is 1.09 bits per heavy atom. The molecule has 2 amide bonds. The number of hydrogen-bond acceptors (Lipinski definition) is 4. The van der Waals surface area contributed by atoms with Gasteiger partial charge in [-0.1, -0.05) is 54.5 Å². The van der Waals surface area contributed by atoms with Gasteiger partial charge in [0.1, 0.15) is 6.61 Å². The second kappa shape index (κ2) is 9.78. The molecular weight excluding hydrogens is 420 g/mol. The molecule has 2 N–H and O–H groups in total. The Morgan fingerprint density at radius 2 is 1.73 bits per heavy atom. The molecule has 1 fully saturated rings. The Hall–Kier alpha value is -3.79. The van der Waals surface area contributed by atoms with Crippen LogP contribution >= 0.6 is 0 Å². The van der Waals surface area contributed by atoms with Crippen LogP contribution in [0.4, 0.5) is 4.79 Å². The third-order valence-corrected chi connectivity index (χ3v) is 6.43. The highest BCUT2D eigenvalue weighted by molar-refractivity contribution is 5.94. The average Bonchev–Trinajstić information content (AvgIpc) is 3.14. The van der Waals surface area contributed by atoms with Crippen molar-refractivity contribution in [1.82, 2.24) is 10.2 Å². The lowest BCUT2D eigenvalue weighted by Gasteiger charge is -2.36. The van der Waals surface area contributed by atoms with Crippen molar-refractivity contribution >= 4 is 18.0 Å². The maximum atomic E-state index is 12.4. The van der Waals surface area contributed by atoms with E-state index in [4.69, 9.17) is 4.74 Å². The molecule has 0 spiro atoms. The largest absolute Gasteiger partial charge is 0.481 e. The zero-order chi connectivity index (χ0) is 23.4. The number of benzene rings is 2. The maximum absolute atomic E-state index is 12.4. The summed E-state index contributed by atoms with van der Waals surface area (Å²) in [6.45, 7) is 2.38. The molecule has 0 radical (unpaired) electrons. The highest BCUT2D eigenvalue weighted by Gasteiger charge is 2.34. The molecule has 1 heterocycles. The minimum Gasteiger partial charge on any atom is -0.481 e. The quantitative estimate of drug-likeness (QED) is 0.703. The van der Waals surface area contributed by atoms with Gasteiger partial charge in [-0.3, -0.25) is 9.59 Å². The maximum Gasteiger partial charge on any atom is 0.407 e. The number of nitrogens with zero attached hydrogens (tertiary/aromatic N) is 1. The van der Waals surface area contributed by atoms with Crippen molar-refractivity contribution in [1.29, 1.82) is 0 Å². The highest BCUT2D eigenvalue weighted by Crippen LogP contribution is 2.44. The first-order valence-electron chi connectivity index (χ1n) is 11.1. The number of rotatable bonds is 4. The number of ether oxygens (including phenoxy) is 1. The first-order chi connectivity index (χ1) is 16.0. The van der Waals surface area contributed by atoms with Gasteiger partial charge in [-0.05, 0) is 47.9 Å². The number of carbonyl (C=O) groups is 3. The van der Waals surface area contributed by atoms with E-state index in [1.807, 2.05) is 24.3 Å². The van der Waals surface area contributed by atoms with Gasteiger partial charge < -0.3 is 20.1 Å². The number of aliphatic carboxylic acids is 1. The van der Waals surface area contributed by atoms with Gasteiger partial charge in [0.2, 0.25) is 0 Å². The van der Waals surface area contributed by atoms with Crippen molar-refractivity contribution in [3.05, 3.63) is 59.7 Å². The summed E-state index contributed by atoms with van der Waals surface area (Å²) < 4.78 is 5.44. The molecular formula is C26H26N2O5. The van der Waals surface area contributed by atoms with Crippen molar-refractivity contribution in [3.8, 4) is 23.0 Å². The Balaban J connectivity index is 1.29. The summed E-state index contributed by atoms with van der Waals surface area (Å²) >= 11 is 0. The van der Waals surface area contributed by atoms with Crippen LogP contribution in [0.25, 0.3) is 11.1 Å². The van der Waals surface area contributed by atoms with Crippen molar-refractivity contribution in [2.45, 2.75) is 31.7 Å². The summed E-state index contributed by atoms with van der Waals surface area (Å²) in [4.78, 5) is 37.4. The van der Waals surface area contributed by atoms with Crippen LogP contribution < -0.4 is 5.32 Å². The van der Waals surface area contributed by atoms with Crippen LogP contribution in [-0.2, 0) is 14.3 Å². The van der Waals surface area contributed by atoms with E-state index in [0.29, 0.717) is 19.4 Å². The number of fused-ring (bicyclic) bond motifs is 3. The zero-order valence-electron chi connectivity index (χ0n) is 18.4. The molecule has 1 aliphatic carbocycles. The molecule has 4 rings (SSSR count). The molecule has 0 aromatic heterocycles. The Morgan fingerprint density at radius 3 is 2.36 bits per heavy atom. The van der Waals surface area contributed by atoms with Gasteiger partial charge in [-0.2, -0.15) is 0 Å². The minimum atomic E-state index is -0.898. The van der Waals surface area contributed by atoms with Gasteiger partial charge in [-0.25, -0.2) is 4.79 Å². The summed E-state index contributed by atoms with van der Waals surface area (Å²) in [5.74, 6) is 3.20. The second-order valence-corrected chi connectivity index (χ2v) is 8.31. The van der Waals surface area contributed by atoms with Crippen molar-refractivity contribution in [3.63, 3.8) is 0 Å². The monoisotopic (exact) mass is 446 g/mol. The molecule has 170 valence electrons. The lowest BCUT2D eigenvalue weighted by molar-refractivity contribution is -0.147. The molecule has 0 unspecified atom stereocenters. The van der Waals surface area contributed by atoms with Gasteiger partial charge in [0.25, 0.3) is 5.91 Å². The van der Waals surface area contributed by atoms with Crippen LogP contribution in [0.3, 0.4) is 0 Å². The first-order valence-corrected chi connectivity index (χ1v) is 11.1. The van der Waals surface area contributed by atoms with Crippen molar-refractivity contribution in [2.75, 3.05) is 19.7 Å². The molecule has 7 nitrogen and oxygen atoms in total. The fourth-order valence-electron chi connectivity index (χ4n) is 4.72. The summed E-state index contributed by atoms with van der Waals surface area (Å²) in [6, 6.07) is 15.8. The van der Waals surface area contributed by atoms with E-state index in [1.165, 1.54) is 4.90 Å². The topological polar surface area (TPSA) is 95.9 Å². The van der Waals surface area contributed by atoms with Gasteiger partial charge in [0.05, 0.1) is 12.5 Å². The van der Waals surface area contributed by atoms with E-state index in [0.717, 1.165) is 22.3 Å². The van der Waals surface area contributed by atoms with E-state index in [-0.39, 0.29) is 19.1 Å². The smallest absolute Gasteiger partial charge is 0.407 e. The van der Waals surface area contributed by atoms with Crippen molar-refractivity contribution in [2.24, 2.45) is 5.92 Å². The number of carboxylic acids is 1. The molecule has 7 heteroatoms. The fourth-order valence-corrected chi connectivity index (χ4v) is 4.72. The summed E-state index contributed by atoms with van der Waals surface area (Å²) in [5, 5.41) is 11.8. The van der Waals surface area contributed by atoms with Gasteiger partial charge in [-0.15, -0.1) is 0 Å². The Labute approximate surface area is 192 Å². The van der Waals surface area contributed by atoms with E-state index in [2.05, 4.69) is 41.4 Å². The number of carbonyl (C=O) groups excluding carboxylic acids is 2. The van der Waals surface area contributed by atoms with E-state index in [9.17, 15) is 19.5 Å². The average molecular weight is 447 g/mol. The van der Waals surface area contributed by atoms with Crippen LogP contribution in [0.5, 0.6) is 0 Å². The number of carboxylic acid groups (broad SMARTS) is 1. The van der Waals surface area contributed by atoms with Crippen LogP contribution in [0.2, 0.25) is 0 Å². The van der Waals surface area contributed by atoms with Gasteiger partial charge >= 0.3 is 12.1 Å². The minimum absolute atomic E-state index is 0.0291. The number of amides is 2. The van der Waals surface area contributed by atoms with Gasteiger partial charge in [0.15, 0.2) is 0 Å². The summed E-state index contributed by atoms with van der Waals surface area (Å²) in [5.41, 5.74) is 4.58. The molecule has 33 heavy (non-hydrogen) atoms. The highest BCUT2D eigenvalue weighted by atomic mass is 16.5. The second-order valence-electron chi connectivity index (χ2n) is 8.31. The Bertz CT molecular complexity index is 1090. The van der Waals surface area contributed by atoms with Crippen LogP contribution in [0, 0.1) is 17.8 Å². The molecule has 1 aliphatic heterocycles. The summed E-state index contributed by atoms with van der Waals surface area (Å²) in [6.07, 6.45) is 0.583. The fraction of sp³-hybridized carbons (Fsp3) is 0.346. The Kier molecular flexibility index (Phi) is 6.64. The number of alkyl carbamates (subject to hydrolysis) is 1. The van der Waals surface area contributed by atoms with E-state index in [1.54, 1.807) is 6.92 Å². The van der Waals surface area contributed by atoms with Crippen LogP contribution in [0.1, 0.15) is 36.8 Å². The number of nitrogens with one attached hydrogen (secondary N) is 1. The van der Waals surface area contributed by atoms with Crippen LogP contribution in [0.15, 0.2) is 48.5 Å². The number of likely N-dealkylation sites (tertiary alicyclic amines) is 1. The normalized spacial score (nSPS) is 19.0. The molecule has 2 atom stereocenters. The molecule has 1 saturated heterocycles. The predicted octanol–water partition coefficient (Wildman–Crippen LogP) is 3.24. The first kappa shape index (κ1) is 22.4. The molecule has 0 bridgehead atoms. The third-order valence-electron chi connectivity index (χ3n) is 6.43. The third kappa shape index (κ3) is 4.70.